The number of aromatic nitrogens is 2. The van der Waals surface area contributed by atoms with Gasteiger partial charge in [-0.25, -0.2) is 0 Å². The van der Waals surface area contributed by atoms with Crippen LogP contribution in [0.4, 0.5) is 0 Å². The minimum Gasteiger partial charge on any atom is -0.507 e. The number of hydrogen-bond acceptors (Lipinski definition) is 6. The highest BCUT2D eigenvalue weighted by molar-refractivity contribution is 5.61. The number of phenols is 1. The monoisotopic (exact) mass is 248 g/mol. The van der Waals surface area contributed by atoms with Crippen molar-refractivity contribution in [3.05, 3.63) is 30.1 Å². The molecule has 2 aromatic rings. The van der Waals surface area contributed by atoms with Gasteiger partial charge in [0.05, 0.1) is 25.4 Å². The van der Waals surface area contributed by atoms with Crippen molar-refractivity contribution in [1.29, 1.82) is 0 Å². The van der Waals surface area contributed by atoms with Gasteiger partial charge >= 0.3 is 0 Å². The molecule has 0 amide bonds. The van der Waals surface area contributed by atoms with Crippen LogP contribution < -0.4 is 0 Å². The number of aromatic hydroxyl groups is 1. The third kappa shape index (κ3) is 2.07. The number of phenolic OH excluding ortho intramolecular Hbond substituents is 1. The van der Waals surface area contributed by atoms with Gasteiger partial charge in [-0.2, -0.15) is 4.98 Å². The van der Waals surface area contributed by atoms with Crippen LogP contribution in [0.5, 0.6) is 5.75 Å². The van der Waals surface area contributed by atoms with E-state index in [1.807, 2.05) is 0 Å². The third-order valence-corrected chi connectivity index (χ3v) is 2.68. The van der Waals surface area contributed by atoms with Crippen molar-refractivity contribution >= 4 is 0 Å². The summed E-state index contributed by atoms with van der Waals surface area (Å²) in [6, 6.07) is 6.80. The molecule has 1 atom stereocenters. The van der Waals surface area contributed by atoms with E-state index in [9.17, 15) is 5.11 Å². The molecule has 3 rings (SSSR count). The maximum Gasteiger partial charge on any atom is 0.261 e. The Kier molecular flexibility index (Phi) is 2.95. The Hall–Kier alpha value is -1.92. The maximum atomic E-state index is 9.70. The van der Waals surface area contributed by atoms with Crippen LogP contribution in [0.1, 0.15) is 11.9 Å². The average molecular weight is 248 g/mol. The fourth-order valence-corrected chi connectivity index (χ4v) is 1.77. The minimum atomic E-state index is -0.304. The predicted octanol–water partition coefficient (Wildman–Crippen LogP) is 1.53. The summed E-state index contributed by atoms with van der Waals surface area (Å²) in [6.45, 7) is 1.52. The molecule has 1 aliphatic heterocycles. The van der Waals surface area contributed by atoms with Gasteiger partial charge in [0.15, 0.2) is 0 Å². The zero-order chi connectivity index (χ0) is 12.4. The van der Waals surface area contributed by atoms with E-state index in [2.05, 4.69) is 10.1 Å². The van der Waals surface area contributed by atoms with E-state index >= 15 is 0 Å². The molecule has 1 aliphatic rings. The molecule has 0 bridgehead atoms. The summed E-state index contributed by atoms with van der Waals surface area (Å²) in [7, 11) is 0. The summed E-state index contributed by atoms with van der Waals surface area (Å²) < 4.78 is 15.9. The Morgan fingerprint density at radius 2 is 2.11 bits per heavy atom. The fraction of sp³-hybridized carbons (Fsp3) is 0.333. The number of benzene rings is 1. The van der Waals surface area contributed by atoms with Gasteiger partial charge in [0.25, 0.3) is 5.89 Å². The Morgan fingerprint density at radius 1 is 1.22 bits per heavy atom. The lowest BCUT2D eigenvalue weighted by Crippen LogP contribution is -2.22. The molecule has 0 spiro atoms. The summed E-state index contributed by atoms with van der Waals surface area (Å²) in [5, 5.41) is 13.6. The van der Waals surface area contributed by atoms with Crippen molar-refractivity contribution in [2.75, 3.05) is 19.8 Å². The normalized spacial score (nSPS) is 19.9. The van der Waals surface area contributed by atoms with Crippen molar-refractivity contribution in [3.63, 3.8) is 0 Å². The van der Waals surface area contributed by atoms with Crippen molar-refractivity contribution in [3.8, 4) is 17.2 Å². The zero-order valence-corrected chi connectivity index (χ0v) is 9.57. The predicted molar refractivity (Wildman–Crippen MR) is 60.9 cm³/mol. The van der Waals surface area contributed by atoms with Crippen molar-refractivity contribution in [2.24, 2.45) is 0 Å². The van der Waals surface area contributed by atoms with Gasteiger partial charge < -0.3 is 19.1 Å². The van der Waals surface area contributed by atoms with Gasteiger partial charge in [-0.15, -0.1) is 0 Å². The van der Waals surface area contributed by atoms with Crippen LogP contribution in [0.3, 0.4) is 0 Å². The largest absolute Gasteiger partial charge is 0.507 e. The molecule has 1 aromatic heterocycles. The van der Waals surface area contributed by atoms with Gasteiger partial charge in [0, 0.05) is 0 Å². The Balaban J connectivity index is 1.87. The van der Waals surface area contributed by atoms with E-state index in [0.717, 1.165) is 0 Å². The lowest BCUT2D eigenvalue weighted by Gasteiger charge is -2.19. The molecular weight excluding hydrogens is 236 g/mol. The first kappa shape index (κ1) is 11.2. The standard InChI is InChI=1S/C12H12N2O4/c15-9-4-2-1-3-8(9)12-13-11(14-18-12)10-7-16-5-6-17-10/h1-4,10,15H,5-7H2. The van der Waals surface area contributed by atoms with Gasteiger partial charge in [-0.05, 0) is 12.1 Å². The van der Waals surface area contributed by atoms with Gasteiger partial charge in [0.1, 0.15) is 11.9 Å². The average Bonchev–Trinajstić information content (AvgIpc) is 2.90. The van der Waals surface area contributed by atoms with Crippen LogP contribution in [0.15, 0.2) is 28.8 Å². The quantitative estimate of drug-likeness (QED) is 0.868. The SMILES string of the molecule is Oc1ccccc1-c1nc(C2COCCO2)no1. The molecular formula is C12H12N2O4. The summed E-state index contributed by atoms with van der Waals surface area (Å²) in [6.07, 6.45) is -0.304. The molecule has 0 aliphatic carbocycles. The van der Waals surface area contributed by atoms with Crippen LogP contribution in [0.25, 0.3) is 11.5 Å². The van der Waals surface area contributed by atoms with E-state index in [4.69, 9.17) is 14.0 Å². The van der Waals surface area contributed by atoms with E-state index in [0.29, 0.717) is 31.2 Å². The van der Waals surface area contributed by atoms with Crippen LogP contribution >= 0.6 is 0 Å². The summed E-state index contributed by atoms with van der Waals surface area (Å²) >= 11 is 0. The second-order valence-electron chi connectivity index (χ2n) is 3.91. The van der Waals surface area contributed by atoms with E-state index in [1.54, 1.807) is 24.3 Å². The van der Waals surface area contributed by atoms with Crippen LogP contribution in [0.2, 0.25) is 0 Å². The molecule has 6 nitrogen and oxygen atoms in total. The van der Waals surface area contributed by atoms with Gasteiger partial charge in [0.2, 0.25) is 5.82 Å². The number of rotatable bonds is 2. The Bertz CT molecular complexity index is 534. The Morgan fingerprint density at radius 3 is 2.89 bits per heavy atom. The van der Waals surface area contributed by atoms with E-state index < -0.39 is 0 Å². The highest BCUT2D eigenvalue weighted by atomic mass is 16.6. The molecule has 1 saturated heterocycles. The molecule has 1 unspecified atom stereocenters. The Labute approximate surface area is 103 Å². The molecule has 1 aromatic carbocycles. The highest BCUT2D eigenvalue weighted by Gasteiger charge is 2.23. The summed E-state index contributed by atoms with van der Waals surface area (Å²) in [4.78, 5) is 4.22. The van der Waals surface area contributed by atoms with Crippen molar-refractivity contribution in [1.82, 2.24) is 10.1 Å². The fourth-order valence-electron chi connectivity index (χ4n) is 1.77. The number of hydrogen-bond donors (Lipinski definition) is 1. The highest BCUT2D eigenvalue weighted by Crippen LogP contribution is 2.28. The van der Waals surface area contributed by atoms with E-state index in [1.165, 1.54) is 0 Å². The lowest BCUT2D eigenvalue weighted by atomic mass is 10.2. The van der Waals surface area contributed by atoms with Crippen molar-refractivity contribution in [2.45, 2.75) is 6.10 Å². The molecule has 1 fully saturated rings. The van der Waals surface area contributed by atoms with Gasteiger partial charge in [-0.1, -0.05) is 17.3 Å². The zero-order valence-electron chi connectivity index (χ0n) is 9.57. The smallest absolute Gasteiger partial charge is 0.261 e. The lowest BCUT2D eigenvalue weighted by molar-refractivity contribution is -0.0941. The van der Waals surface area contributed by atoms with Crippen molar-refractivity contribution < 1.29 is 19.1 Å². The topological polar surface area (TPSA) is 77.6 Å². The molecule has 1 N–H and O–H groups in total. The first-order chi connectivity index (χ1) is 8.84. The second-order valence-corrected chi connectivity index (χ2v) is 3.91. The number of nitrogens with zero attached hydrogens (tertiary/aromatic N) is 2. The summed E-state index contributed by atoms with van der Waals surface area (Å²) in [5.74, 6) is 0.818. The molecule has 18 heavy (non-hydrogen) atoms. The molecule has 0 saturated carbocycles. The first-order valence-electron chi connectivity index (χ1n) is 5.66. The second kappa shape index (κ2) is 4.75. The van der Waals surface area contributed by atoms with Crippen LogP contribution in [-0.2, 0) is 9.47 Å². The molecule has 2 heterocycles. The first-order valence-corrected chi connectivity index (χ1v) is 5.66. The van der Waals surface area contributed by atoms with Crippen LogP contribution in [0, 0.1) is 0 Å². The minimum absolute atomic E-state index is 0.105. The molecule has 94 valence electrons. The van der Waals surface area contributed by atoms with Crippen LogP contribution in [-0.4, -0.2) is 35.1 Å². The van der Waals surface area contributed by atoms with Gasteiger partial charge in [-0.3, -0.25) is 0 Å². The van der Waals surface area contributed by atoms with E-state index in [-0.39, 0.29) is 17.7 Å². The molecule has 6 heteroatoms. The summed E-state index contributed by atoms with van der Waals surface area (Å²) in [5.41, 5.74) is 0.507. The third-order valence-electron chi connectivity index (χ3n) is 2.68. The number of ether oxygens (including phenoxy) is 2. The number of para-hydroxylation sites is 1. The molecule has 0 radical (unpaired) electrons. The maximum absolute atomic E-state index is 9.70.